The van der Waals surface area contributed by atoms with Gasteiger partial charge in [-0.05, 0) is 49.2 Å². The van der Waals surface area contributed by atoms with Gasteiger partial charge in [0, 0.05) is 5.69 Å². The number of imidazole rings is 1. The first kappa shape index (κ1) is 15.0. The van der Waals surface area contributed by atoms with Crippen LogP contribution in [-0.4, -0.2) is 10.5 Å². The zero-order chi connectivity index (χ0) is 16.4. The van der Waals surface area contributed by atoms with Gasteiger partial charge in [0.15, 0.2) is 17.6 Å². The Morgan fingerprint density at radius 1 is 1.22 bits per heavy atom. The summed E-state index contributed by atoms with van der Waals surface area (Å²) in [6.45, 7) is 8.11. The molecule has 0 aliphatic heterocycles. The molecule has 0 atom stereocenters. The number of amides is 1. The minimum atomic E-state index is -0.0491. The van der Waals surface area contributed by atoms with Gasteiger partial charge in [0.2, 0.25) is 6.33 Å². The number of aryl methyl sites for hydroxylation is 2. The molecule has 4 heteroatoms. The Balaban J connectivity index is 1.84. The Morgan fingerprint density at radius 2 is 1.91 bits per heavy atom. The molecule has 0 aliphatic carbocycles. The van der Waals surface area contributed by atoms with Gasteiger partial charge in [0.05, 0.1) is 6.20 Å². The Kier molecular flexibility index (Phi) is 3.98. The SMILES string of the molecule is C=Cn1c[n+](CC(=O)Nc2cc(C)cc(C)c2)c2ccccc21. The topological polar surface area (TPSA) is 37.9 Å². The number of benzene rings is 2. The molecule has 1 aromatic heterocycles. The van der Waals surface area contributed by atoms with Gasteiger partial charge in [-0.2, -0.15) is 0 Å². The molecule has 4 nitrogen and oxygen atoms in total. The van der Waals surface area contributed by atoms with Crippen molar-refractivity contribution >= 4 is 28.8 Å². The summed E-state index contributed by atoms with van der Waals surface area (Å²) in [4.78, 5) is 12.4. The largest absolute Gasteiger partial charge is 0.323 e. The van der Waals surface area contributed by atoms with Gasteiger partial charge in [0.25, 0.3) is 5.91 Å². The third-order valence-electron chi connectivity index (χ3n) is 3.75. The minimum absolute atomic E-state index is 0.0491. The van der Waals surface area contributed by atoms with Crippen LogP contribution >= 0.6 is 0 Å². The first-order chi connectivity index (χ1) is 11.1. The van der Waals surface area contributed by atoms with Crippen molar-refractivity contribution in [1.29, 1.82) is 0 Å². The highest BCUT2D eigenvalue weighted by molar-refractivity contribution is 5.90. The van der Waals surface area contributed by atoms with Crippen molar-refractivity contribution in [2.45, 2.75) is 20.4 Å². The molecular weight excluding hydrogens is 286 g/mol. The maximum absolute atomic E-state index is 12.4. The summed E-state index contributed by atoms with van der Waals surface area (Å²) >= 11 is 0. The van der Waals surface area contributed by atoms with E-state index in [1.165, 1.54) is 0 Å². The molecule has 0 radical (unpaired) electrons. The number of fused-ring (bicyclic) bond motifs is 1. The molecule has 3 aromatic rings. The van der Waals surface area contributed by atoms with Crippen LogP contribution in [0.2, 0.25) is 0 Å². The molecule has 0 fully saturated rings. The summed E-state index contributed by atoms with van der Waals surface area (Å²) in [5, 5.41) is 2.97. The van der Waals surface area contributed by atoms with E-state index in [9.17, 15) is 4.79 Å². The summed E-state index contributed by atoms with van der Waals surface area (Å²) in [6, 6.07) is 14.0. The molecule has 0 saturated carbocycles. The fourth-order valence-corrected chi connectivity index (χ4v) is 2.87. The number of hydrogen-bond acceptors (Lipinski definition) is 1. The summed E-state index contributed by atoms with van der Waals surface area (Å²) in [6.07, 6.45) is 3.62. The van der Waals surface area contributed by atoms with Crippen LogP contribution in [-0.2, 0) is 11.3 Å². The van der Waals surface area contributed by atoms with Crippen LogP contribution in [0.25, 0.3) is 17.2 Å². The minimum Gasteiger partial charge on any atom is -0.323 e. The molecule has 1 N–H and O–H groups in total. The predicted molar refractivity (Wildman–Crippen MR) is 93.1 cm³/mol. The monoisotopic (exact) mass is 306 g/mol. The Morgan fingerprint density at radius 3 is 2.61 bits per heavy atom. The number of hydrogen-bond donors (Lipinski definition) is 1. The quantitative estimate of drug-likeness (QED) is 0.738. The lowest BCUT2D eigenvalue weighted by atomic mass is 10.1. The van der Waals surface area contributed by atoms with Gasteiger partial charge in [-0.1, -0.05) is 24.8 Å². The van der Waals surface area contributed by atoms with E-state index in [-0.39, 0.29) is 12.5 Å². The molecule has 116 valence electrons. The summed E-state index contributed by atoms with van der Waals surface area (Å²) < 4.78 is 3.84. The molecular formula is C19H20N3O+. The smallest absolute Gasteiger partial charge is 0.266 e. The van der Waals surface area contributed by atoms with Crippen molar-refractivity contribution in [3.05, 3.63) is 66.5 Å². The second-order valence-corrected chi connectivity index (χ2v) is 5.75. The van der Waals surface area contributed by atoms with E-state index in [4.69, 9.17) is 0 Å². The second kappa shape index (κ2) is 6.08. The van der Waals surface area contributed by atoms with Crippen LogP contribution in [0.3, 0.4) is 0 Å². The lowest BCUT2D eigenvalue weighted by molar-refractivity contribution is -0.658. The zero-order valence-corrected chi connectivity index (χ0v) is 13.4. The first-order valence-electron chi connectivity index (χ1n) is 7.56. The highest BCUT2D eigenvalue weighted by Crippen LogP contribution is 2.14. The maximum atomic E-state index is 12.4. The lowest BCUT2D eigenvalue weighted by Crippen LogP contribution is -2.39. The number of para-hydroxylation sites is 2. The summed E-state index contributed by atoms with van der Waals surface area (Å²) in [5.41, 5.74) is 5.14. The number of carbonyl (C=O) groups is 1. The standard InChI is InChI=1S/C19H19N3O/c1-4-21-13-22(18-8-6-5-7-17(18)21)12-19(23)20-16-10-14(2)9-15(3)11-16/h4-11,13H,1,12H2,2-3H3/p+1. The molecule has 0 spiro atoms. The van der Waals surface area contributed by atoms with Gasteiger partial charge in [-0.3, -0.25) is 4.79 Å². The Labute approximate surface area is 135 Å². The molecule has 3 rings (SSSR count). The highest BCUT2D eigenvalue weighted by Gasteiger charge is 2.16. The Hall–Kier alpha value is -2.88. The van der Waals surface area contributed by atoms with E-state index in [1.807, 2.05) is 65.7 Å². The number of nitrogens with one attached hydrogen (secondary N) is 1. The van der Waals surface area contributed by atoms with Gasteiger partial charge in [-0.15, -0.1) is 0 Å². The average Bonchev–Trinajstić information content (AvgIpc) is 2.84. The summed E-state index contributed by atoms with van der Waals surface area (Å²) in [5.74, 6) is -0.0491. The second-order valence-electron chi connectivity index (χ2n) is 5.75. The molecule has 0 bridgehead atoms. The molecule has 1 amide bonds. The number of carbonyl (C=O) groups excluding carboxylic acids is 1. The van der Waals surface area contributed by atoms with Crippen LogP contribution in [0.5, 0.6) is 0 Å². The van der Waals surface area contributed by atoms with Crippen molar-refractivity contribution in [2.75, 3.05) is 5.32 Å². The van der Waals surface area contributed by atoms with Crippen molar-refractivity contribution in [1.82, 2.24) is 4.57 Å². The van der Waals surface area contributed by atoms with Crippen LogP contribution in [0.15, 0.2) is 55.4 Å². The number of nitrogens with zero attached hydrogens (tertiary/aromatic N) is 2. The molecule has 0 unspecified atom stereocenters. The Bertz CT molecular complexity index is 873. The first-order valence-corrected chi connectivity index (χ1v) is 7.56. The summed E-state index contributed by atoms with van der Waals surface area (Å²) in [7, 11) is 0. The van der Waals surface area contributed by atoms with E-state index in [1.54, 1.807) is 6.20 Å². The zero-order valence-electron chi connectivity index (χ0n) is 13.4. The molecule has 1 heterocycles. The van der Waals surface area contributed by atoms with Crippen molar-refractivity contribution in [3.8, 4) is 0 Å². The number of anilines is 1. The van der Waals surface area contributed by atoms with E-state index >= 15 is 0 Å². The molecule has 0 saturated heterocycles. The van der Waals surface area contributed by atoms with Crippen LogP contribution in [0.4, 0.5) is 5.69 Å². The van der Waals surface area contributed by atoms with Crippen molar-refractivity contribution < 1.29 is 9.36 Å². The predicted octanol–water partition coefficient (Wildman–Crippen LogP) is 3.28. The van der Waals surface area contributed by atoms with Crippen LogP contribution in [0, 0.1) is 13.8 Å². The molecule has 0 aliphatic rings. The fraction of sp³-hybridized carbons (Fsp3) is 0.158. The van der Waals surface area contributed by atoms with Crippen molar-refractivity contribution in [2.24, 2.45) is 0 Å². The highest BCUT2D eigenvalue weighted by atomic mass is 16.1. The van der Waals surface area contributed by atoms with E-state index in [2.05, 4.69) is 18.0 Å². The van der Waals surface area contributed by atoms with Crippen molar-refractivity contribution in [3.63, 3.8) is 0 Å². The van der Waals surface area contributed by atoms with Gasteiger partial charge in [-0.25, -0.2) is 9.13 Å². The van der Waals surface area contributed by atoms with Gasteiger partial charge in [0.1, 0.15) is 0 Å². The third kappa shape index (κ3) is 3.16. The van der Waals surface area contributed by atoms with Gasteiger partial charge < -0.3 is 5.32 Å². The number of aromatic nitrogens is 2. The average molecular weight is 306 g/mol. The third-order valence-corrected chi connectivity index (χ3v) is 3.75. The molecule has 23 heavy (non-hydrogen) atoms. The number of rotatable bonds is 4. The maximum Gasteiger partial charge on any atom is 0.266 e. The lowest BCUT2D eigenvalue weighted by Gasteiger charge is -2.06. The van der Waals surface area contributed by atoms with Crippen LogP contribution in [0.1, 0.15) is 11.1 Å². The van der Waals surface area contributed by atoms with Crippen LogP contribution < -0.4 is 9.88 Å². The van der Waals surface area contributed by atoms with E-state index < -0.39 is 0 Å². The normalized spacial score (nSPS) is 10.7. The van der Waals surface area contributed by atoms with E-state index in [0.717, 1.165) is 27.8 Å². The van der Waals surface area contributed by atoms with E-state index in [0.29, 0.717) is 0 Å². The fourth-order valence-electron chi connectivity index (χ4n) is 2.87. The van der Waals surface area contributed by atoms with Gasteiger partial charge >= 0.3 is 0 Å². The molecule has 2 aromatic carbocycles.